The highest BCUT2D eigenvalue weighted by molar-refractivity contribution is 5.88. The monoisotopic (exact) mass is 369 g/mol. The molecule has 0 aliphatic heterocycles. The van der Waals surface area contributed by atoms with Crippen LogP contribution in [-0.4, -0.2) is 27.3 Å². The van der Waals surface area contributed by atoms with Crippen molar-refractivity contribution in [1.82, 2.24) is 14.9 Å². The van der Waals surface area contributed by atoms with Crippen LogP contribution < -0.4 is 0 Å². The molecule has 2 aromatic heterocycles. The summed E-state index contributed by atoms with van der Waals surface area (Å²) >= 11 is 0. The van der Waals surface area contributed by atoms with E-state index in [-0.39, 0.29) is 5.91 Å². The zero-order valence-corrected chi connectivity index (χ0v) is 15.7. The summed E-state index contributed by atoms with van der Waals surface area (Å²) < 4.78 is 0. The molecule has 0 saturated heterocycles. The van der Waals surface area contributed by atoms with Crippen molar-refractivity contribution >= 4 is 16.8 Å². The highest BCUT2D eigenvalue weighted by Crippen LogP contribution is 2.19. The number of aromatic nitrogens is 2. The molecular formula is C24H23N3O. The SMILES string of the molecule is O=C(Cc1c[nH]c2ccccc12)N(CCc1ccccc1)Cc1ccccn1. The fourth-order valence-electron chi connectivity index (χ4n) is 3.44. The predicted molar refractivity (Wildman–Crippen MR) is 112 cm³/mol. The molecule has 0 spiro atoms. The van der Waals surface area contributed by atoms with Crippen molar-refractivity contribution in [3.8, 4) is 0 Å². The first kappa shape index (κ1) is 18.0. The van der Waals surface area contributed by atoms with Crippen LogP contribution in [0, 0.1) is 0 Å². The molecule has 2 heterocycles. The summed E-state index contributed by atoms with van der Waals surface area (Å²) in [6.45, 7) is 1.19. The Kier molecular flexibility index (Phi) is 5.48. The van der Waals surface area contributed by atoms with E-state index in [0.29, 0.717) is 19.5 Å². The van der Waals surface area contributed by atoms with Crippen molar-refractivity contribution in [2.24, 2.45) is 0 Å². The molecule has 4 heteroatoms. The minimum atomic E-state index is 0.117. The Morgan fingerprint density at radius 2 is 1.71 bits per heavy atom. The fraction of sp³-hybridized carbons (Fsp3) is 0.167. The minimum absolute atomic E-state index is 0.117. The van der Waals surface area contributed by atoms with Crippen LogP contribution in [-0.2, 0) is 24.2 Å². The summed E-state index contributed by atoms with van der Waals surface area (Å²) in [5.74, 6) is 0.117. The lowest BCUT2D eigenvalue weighted by atomic mass is 10.1. The van der Waals surface area contributed by atoms with Crippen LogP contribution in [0.1, 0.15) is 16.8 Å². The van der Waals surface area contributed by atoms with Gasteiger partial charge in [-0.3, -0.25) is 9.78 Å². The zero-order chi connectivity index (χ0) is 19.2. The van der Waals surface area contributed by atoms with E-state index in [0.717, 1.165) is 28.6 Å². The first-order chi connectivity index (χ1) is 13.8. The molecule has 0 atom stereocenters. The van der Waals surface area contributed by atoms with Crippen LogP contribution >= 0.6 is 0 Å². The molecule has 4 nitrogen and oxygen atoms in total. The van der Waals surface area contributed by atoms with Gasteiger partial charge in [-0.15, -0.1) is 0 Å². The van der Waals surface area contributed by atoms with E-state index < -0.39 is 0 Å². The van der Waals surface area contributed by atoms with Crippen LogP contribution in [0.5, 0.6) is 0 Å². The number of para-hydroxylation sites is 1. The molecule has 0 aliphatic rings. The maximum Gasteiger partial charge on any atom is 0.227 e. The number of fused-ring (bicyclic) bond motifs is 1. The Hall–Kier alpha value is -3.40. The van der Waals surface area contributed by atoms with E-state index in [2.05, 4.69) is 28.2 Å². The number of H-pyrrole nitrogens is 1. The third kappa shape index (κ3) is 4.29. The molecule has 0 bridgehead atoms. The third-order valence-electron chi connectivity index (χ3n) is 4.96. The van der Waals surface area contributed by atoms with Crippen molar-refractivity contribution in [3.05, 3.63) is 102 Å². The minimum Gasteiger partial charge on any atom is -0.361 e. The quantitative estimate of drug-likeness (QED) is 0.526. The maximum absolute atomic E-state index is 13.2. The van der Waals surface area contributed by atoms with Crippen molar-refractivity contribution in [3.63, 3.8) is 0 Å². The van der Waals surface area contributed by atoms with E-state index in [4.69, 9.17) is 0 Å². The molecule has 0 radical (unpaired) electrons. The number of rotatable bonds is 7. The number of amides is 1. The summed E-state index contributed by atoms with van der Waals surface area (Å²) in [4.78, 5) is 22.7. The Morgan fingerprint density at radius 3 is 2.54 bits per heavy atom. The van der Waals surface area contributed by atoms with Gasteiger partial charge in [-0.1, -0.05) is 54.6 Å². The smallest absolute Gasteiger partial charge is 0.227 e. The number of nitrogens with one attached hydrogen (secondary N) is 1. The molecule has 140 valence electrons. The molecule has 0 aliphatic carbocycles. The molecule has 4 aromatic rings. The molecule has 0 fully saturated rings. The van der Waals surface area contributed by atoms with Crippen molar-refractivity contribution in [1.29, 1.82) is 0 Å². The topological polar surface area (TPSA) is 49.0 Å². The van der Waals surface area contributed by atoms with Crippen molar-refractivity contribution in [2.75, 3.05) is 6.54 Å². The van der Waals surface area contributed by atoms with Gasteiger partial charge in [0, 0.05) is 29.8 Å². The largest absolute Gasteiger partial charge is 0.361 e. The molecule has 28 heavy (non-hydrogen) atoms. The number of benzene rings is 2. The van der Waals surface area contributed by atoms with Crippen LogP contribution in [0.2, 0.25) is 0 Å². The second-order valence-electron chi connectivity index (χ2n) is 6.91. The Bertz CT molecular complexity index is 1040. The van der Waals surface area contributed by atoms with Gasteiger partial charge in [0.1, 0.15) is 0 Å². The molecule has 1 amide bonds. The number of carbonyl (C=O) groups is 1. The first-order valence-electron chi connectivity index (χ1n) is 9.56. The highest BCUT2D eigenvalue weighted by atomic mass is 16.2. The van der Waals surface area contributed by atoms with E-state index in [1.807, 2.05) is 65.7 Å². The van der Waals surface area contributed by atoms with Gasteiger partial charge in [0.05, 0.1) is 18.7 Å². The van der Waals surface area contributed by atoms with Gasteiger partial charge in [-0.2, -0.15) is 0 Å². The zero-order valence-electron chi connectivity index (χ0n) is 15.7. The predicted octanol–water partition coefficient (Wildman–Crippen LogP) is 4.38. The number of hydrogen-bond donors (Lipinski definition) is 1. The lowest BCUT2D eigenvalue weighted by Crippen LogP contribution is -2.34. The van der Waals surface area contributed by atoms with Gasteiger partial charge in [0.15, 0.2) is 0 Å². The molecule has 2 aromatic carbocycles. The molecule has 0 unspecified atom stereocenters. The average molecular weight is 369 g/mol. The standard InChI is InChI=1S/C24H23N3O/c28-24(16-20-17-26-23-12-5-4-11-22(20)23)27(18-21-10-6-7-14-25-21)15-13-19-8-2-1-3-9-19/h1-12,14,17,26H,13,15-16,18H2. The summed E-state index contributed by atoms with van der Waals surface area (Å²) in [6, 6.07) is 24.2. The van der Waals surface area contributed by atoms with Gasteiger partial charge in [-0.25, -0.2) is 0 Å². The second-order valence-corrected chi connectivity index (χ2v) is 6.91. The summed E-state index contributed by atoms with van der Waals surface area (Å²) in [5, 5.41) is 1.11. The van der Waals surface area contributed by atoms with E-state index in [1.165, 1.54) is 5.56 Å². The van der Waals surface area contributed by atoms with Crippen LogP contribution in [0.15, 0.2) is 85.2 Å². The van der Waals surface area contributed by atoms with Crippen molar-refractivity contribution in [2.45, 2.75) is 19.4 Å². The average Bonchev–Trinajstić information content (AvgIpc) is 3.15. The van der Waals surface area contributed by atoms with Gasteiger partial charge in [0.25, 0.3) is 0 Å². The second kappa shape index (κ2) is 8.53. The van der Waals surface area contributed by atoms with Crippen LogP contribution in [0.25, 0.3) is 10.9 Å². The molecule has 0 saturated carbocycles. The summed E-state index contributed by atoms with van der Waals surface area (Å²) in [7, 11) is 0. The van der Waals surface area contributed by atoms with E-state index >= 15 is 0 Å². The van der Waals surface area contributed by atoms with E-state index in [9.17, 15) is 4.79 Å². The third-order valence-corrected chi connectivity index (χ3v) is 4.96. The number of hydrogen-bond acceptors (Lipinski definition) is 2. The normalized spacial score (nSPS) is 10.9. The molecule has 1 N–H and O–H groups in total. The van der Waals surface area contributed by atoms with Gasteiger partial charge >= 0.3 is 0 Å². The molecule has 4 rings (SSSR count). The number of aromatic amines is 1. The number of pyridine rings is 1. The first-order valence-corrected chi connectivity index (χ1v) is 9.56. The van der Waals surface area contributed by atoms with Gasteiger partial charge < -0.3 is 9.88 Å². The van der Waals surface area contributed by atoms with E-state index in [1.54, 1.807) is 6.20 Å². The van der Waals surface area contributed by atoms with Crippen LogP contribution in [0.4, 0.5) is 0 Å². The summed E-state index contributed by atoms with van der Waals surface area (Å²) in [5.41, 5.74) is 4.23. The Balaban J connectivity index is 1.52. The number of carbonyl (C=O) groups excluding carboxylic acids is 1. The summed E-state index contributed by atoms with van der Waals surface area (Å²) in [6.07, 6.45) is 4.92. The lowest BCUT2D eigenvalue weighted by Gasteiger charge is -2.22. The number of nitrogens with zero attached hydrogens (tertiary/aromatic N) is 2. The fourth-order valence-corrected chi connectivity index (χ4v) is 3.44. The van der Waals surface area contributed by atoms with Crippen LogP contribution in [0.3, 0.4) is 0 Å². The Morgan fingerprint density at radius 1 is 0.929 bits per heavy atom. The van der Waals surface area contributed by atoms with Gasteiger partial charge in [-0.05, 0) is 35.7 Å². The maximum atomic E-state index is 13.2. The Labute approximate surface area is 164 Å². The molecular weight excluding hydrogens is 346 g/mol. The van der Waals surface area contributed by atoms with Crippen molar-refractivity contribution < 1.29 is 4.79 Å². The highest BCUT2D eigenvalue weighted by Gasteiger charge is 2.17. The van der Waals surface area contributed by atoms with Gasteiger partial charge in [0.2, 0.25) is 5.91 Å². The lowest BCUT2D eigenvalue weighted by molar-refractivity contribution is -0.131.